The van der Waals surface area contributed by atoms with Crippen LogP contribution in [0.5, 0.6) is 0 Å². The first kappa shape index (κ1) is 13.4. The van der Waals surface area contributed by atoms with Gasteiger partial charge in [0.1, 0.15) is 0 Å². The van der Waals surface area contributed by atoms with Crippen LogP contribution in [0.4, 0.5) is 0 Å². The highest BCUT2D eigenvalue weighted by molar-refractivity contribution is 5.66. The molecule has 0 fully saturated rings. The van der Waals surface area contributed by atoms with Crippen LogP contribution in [-0.4, -0.2) is 17.1 Å². The lowest BCUT2D eigenvalue weighted by Gasteiger charge is -2.16. The van der Waals surface area contributed by atoms with E-state index in [-0.39, 0.29) is 18.4 Å². The molecular formula is C11H23NO2. The van der Waals surface area contributed by atoms with Crippen molar-refractivity contribution >= 4 is 5.97 Å². The summed E-state index contributed by atoms with van der Waals surface area (Å²) in [6.45, 7) is 6.30. The molecule has 3 N–H and O–H groups in total. The van der Waals surface area contributed by atoms with Crippen molar-refractivity contribution in [3.05, 3.63) is 0 Å². The van der Waals surface area contributed by atoms with E-state index in [0.717, 1.165) is 19.3 Å². The van der Waals surface area contributed by atoms with E-state index in [1.165, 1.54) is 0 Å². The van der Waals surface area contributed by atoms with E-state index >= 15 is 0 Å². The standard InChI is InChI=1S/C11H23NO2/c1-8(2)4-5-10(12)6-9(3)7-11(13)14/h8-10H,4-7,12H2,1-3H3,(H,13,14)/t9-,10-/m0/s1. The number of rotatable bonds is 7. The van der Waals surface area contributed by atoms with Crippen LogP contribution in [-0.2, 0) is 4.79 Å². The van der Waals surface area contributed by atoms with E-state index < -0.39 is 5.97 Å². The van der Waals surface area contributed by atoms with Gasteiger partial charge >= 0.3 is 5.97 Å². The Morgan fingerprint density at radius 1 is 1.29 bits per heavy atom. The maximum atomic E-state index is 10.4. The van der Waals surface area contributed by atoms with Crippen molar-refractivity contribution < 1.29 is 9.90 Å². The molecule has 84 valence electrons. The van der Waals surface area contributed by atoms with Gasteiger partial charge in [0.25, 0.3) is 0 Å². The molecule has 0 bridgehead atoms. The van der Waals surface area contributed by atoms with E-state index in [1.807, 2.05) is 6.92 Å². The summed E-state index contributed by atoms with van der Waals surface area (Å²) < 4.78 is 0. The molecule has 0 aromatic carbocycles. The van der Waals surface area contributed by atoms with E-state index in [0.29, 0.717) is 5.92 Å². The Morgan fingerprint density at radius 2 is 1.86 bits per heavy atom. The molecule has 0 aromatic heterocycles. The van der Waals surface area contributed by atoms with E-state index in [9.17, 15) is 4.79 Å². The van der Waals surface area contributed by atoms with Crippen molar-refractivity contribution in [2.45, 2.75) is 52.5 Å². The van der Waals surface area contributed by atoms with Gasteiger partial charge < -0.3 is 10.8 Å². The molecule has 0 saturated heterocycles. The van der Waals surface area contributed by atoms with Crippen LogP contribution in [0.2, 0.25) is 0 Å². The van der Waals surface area contributed by atoms with Gasteiger partial charge in [0.15, 0.2) is 0 Å². The molecule has 3 heteroatoms. The summed E-state index contributed by atoms with van der Waals surface area (Å²) in [6, 6.07) is 0.159. The number of hydrogen-bond donors (Lipinski definition) is 2. The average Bonchev–Trinajstić information content (AvgIpc) is 1.98. The van der Waals surface area contributed by atoms with Gasteiger partial charge in [-0.05, 0) is 31.1 Å². The minimum Gasteiger partial charge on any atom is -0.481 e. The van der Waals surface area contributed by atoms with E-state index in [1.54, 1.807) is 0 Å². The van der Waals surface area contributed by atoms with E-state index in [4.69, 9.17) is 10.8 Å². The van der Waals surface area contributed by atoms with Crippen LogP contribution in [0.1, 0.15) is 46.5 Å². The number of carbonyl (C=O) groups is 1. The lowest BCUT2D eigenvalue weighted by atomic mass is 9.94. The Labute approximate surface area is 86.7 Å². The zero-order valence-electron chi connectivity index (χ0n) is 9.49. The van der Waals surface area contributed by atoms with Crippen molar-refractivity contribution in [1.29, 1.82) is 0 Å². The second kappa shape index (κ2) is 6.82. The third kappa shape index (κ3) is 8.05. The minimum atomic E-state index is -0.728. The van der Waals surface area contributed by atoms with Crippen LogP contribution in [0.3, 0.4) is 0 Å². The molecule has 0 aromatic rings. The summed E-state index contributed by atoms with van der Waals surface area (Å²) in [5.74, 6) is 0.138. The fourth-order valence-corrected chi connectivity index (χ4v) is 1.56. The van der Waals surface area contributed by atoms with Crippen molar-refractivity contribution in [3.63, 3.8) is 0 Å². The Balaban J connectivity index is 3.59. The second-order valence-corrected chi connectivity index (χ2v) is 4.67. The molecule has 0 spiro atoms. The highest BCUT2D eigenvalue weighted by Crippen LogP contribution is 2.14. The Bertz CT molecular complexity index is 169. The van der Waals surface area contributed by atoms with Gasteiger partial charge in [-0.15, -0.1) is 0 Å². The Morgan fingerprint density at radius 3 is 2.29 bits per heavy atom. The van der Waals surface area contributed by atoms with Gasteiger partial charge in [0.05, 0.1) is 0 Å². The Hall–Kier alpha value is -0.570. The van der Waals surface area contributed by atoms with Crippen molar-refractivity contribution in [2.24, 2.45) is 17.6 Å². The third-order valence-electron chi connectivity index (χ3n) is 2.34. The second-order valence-electron chi connectivity index (χ2n) is 4.67. The molecule has 3 nitrogen and oxygen atoms in total. The first-order valence-corrected chi connectivity index (χ1v) is 5.39. The van der Waals surface area contributed by atoms with Gasteiger partial charge in [-0.2, -0.15) is 0 Å². The minimum absolute atomic E-state index is 0.159. The van der Waals surface area contributed by atoms with E-state index in [2.05, 4.69) is 13.8 Å². The van der Waals surface area contributed by atoms with Crippen molar-refractivity contribution in [3.8, 4) is 0 Å². The van der Waals surface area contributed by atoms with Crippen LogP contribution >= 0.6 is 0 Å². The predicted molar refractivity (Wildman–Crippen MR) is 58.1 cm³/mol. The summed E-state index contributed by atoms with van der Waals surface area (Å²) in [7, 11) is 0. The van der Waals surface area contributed by atoms with Crippen molar-refractivity contribution in [1.82, 2.24) is 0 Å². The molecule has 0 radical (unpaired) electrons. The normalized spacial score (nSPS) is 15.5. The van der Waals surface area contributed by atoms with Crippen LogP contribution < -0.4 is 5.73 Å². The fourth-order valence-electron chi connectivity index (χ4n) is 1.56. The van der Waals surface area contributed by atoms with Crippen LogP contribution in [0.25, 0.3) is 0 Å². The van der Waals surface area contributed by atoms with Gasteiger partial charge in [0.2, 0.25) is 0 Å². The van der Waals surface area contributed by atoms with Crippen molar-refractivity contribution in [2.75, 3.05) is 0 Å². The molecule has 0 saturated carbocycles. The molecule has 0 aliphatic heterocycles. The third-order valence-corrected chi connectivity index (χ3v) is 2.34. The monoisotopic (exact) mass is 201 g/mol. The average molecular weight is 201 g/mol. The molecule has 0 heterocycles. The highest BCUT2D eigenvalue weighted by Gasteiger charge is 2.12. The quantitative estimate of drug-likeness (QED) is 0.664. The summed E-state index contributed by atoms with van der Waals surface area (Å²) in [6.07, 6.45) is 3.18. The summed E-state index contributed by atoms with van der Waals surface area (Å²) in [5, 5.41) is 8.57. The maximum absolute atomic E-state index is 10.4. The Kier molecular flexibility index (Phi) is 6.54. The van der Waals surface area contributed by atoms with Gasteiger partial charge in [-0.1, -0.05) is 20.8 Å². The smallest absolute Gasteiger partial charge is 0.303 e. The molecule has 0 aliphatic rings. The summed E-state index contributed by atoms with van der Waals surface area (Å²) >= 11 is 0. The molecule has 0 amide bonds. The molecule has 2 atom stereocenters. The SMILES string of the molecule is CC(C)CC[C@H](N)C[C@H](C)CC(=O)O. The van der Waals surface area contributed by atoms with Gasteiger partial charge in [-0.3, -0.25) is 4.79 Å². The molecule has 14 heavy (non-hydrogen) atoms. The zero-order valence-corrected chi connectivity index (χ0v) is 9.49. The highest BCUT2D eigenvalue weighted by atomic mass is 16.4. The largest absolute Gasteiger partial charge is 0.481 e. The first-order valence-electron chi connectivity index (χ1n) is 5.39. The number of carboxylic acid groups (broad SMARTS) is 1. The fraction of sp³-hybridized carbons (Fsp3) is 0.909. The molecule has 0 rings (SSSR count). The van der Waals surface area contributed by atoms with Gasteiger partial charge in [0, 0.05) is 12.5 Å². The van der Waals surface area contributed by atoms with Crippen LogP contribution in [0.15, 0.2) is 0 Å². The zero-order chi connectivity index (χ0) is 11.1. The maximum Gasteiger partial charge on any atom is 0.303 e. The summed E-state index contributed by atoms with van der Waals surface area (Å²) in [4.78, 5) is 10.4. The van der Waals surface area contributed by atoms with Crippen LogP contribution in [0, 0.1) is 11.8 Å². The van der Waals surface area contributed by atoms with Gasteiger partial charge in [-0.25, -0.2) is 0 Å². The lowest BCUT2D eigenvalue weighted by Crippen LogP contribution is -2.24. The number of carboxylic acids is 1. The first-order chi connectivity index (χ1) is 6.41. The molecular weight excluding hydrogens is 178 g/mol. The number of hydrogen-bond acceptors (Lipinski definition) is 2. The number of aliphatic carboxylic acids is 1. The molecule has 0 aliphatic carbocycles. The topological polar surface area (TPSA) is 63.3 Å². The predicted octanol–water partition coefficient (Wildman–Crippen LogP) is 2.25. The number of nitrogens with two attached hydrogens (primary N) is 1. The lowest BCUT2D eigenvalue weighted by molar-refractivity contribution is -0.138. The molecule has 0 unspecified atom stereocenters. The summed E-state index contributed by atoms with van der Waals surface area (Å²) in [5.41, 5.74) is 5.91.